The van der Waals surface area contributed by atoms with Gasteiger partial charge in [0.15, 0.2) is 0 Å². The van der Waals surface area contributed by atoms with Gasteiger partial charge in [0.25, 0.3) is 0 Å². The summed E-state index contributed by atoms with van der Waals surface area (Å²) in [7, 11) is 0. The number of carbonyl (C=O) groups excluding carboxylic acids is 1. The van der Waals surface area contributed by atoms with E-state index in [9.17, 15) is 9.90 Å². The zero-order valence-electron chi connectivity index (χ0n) is 20.9. The van der Waals surface area contributed by atoms with Crippen molar-refractivity contribution in [3.63, 3.8) is 0 Å². The Kier molecular flexibility index (Phi) is 9.19. The summed E-state index contributed by atoms with van der Waals surface area (Å²) in [5, 5.41) is 14.8. The van der Waals surface area contributed by atoms with Gasteiger partial charge in [-0.05, 0) is 73.9 Å². The highest BCUT2D eigenvalue weighted by Gasteiger charge is 2.36. The number of hydrogen-bond acceptors (Lipinski definition) is 3. The molecule has 0 radical (unpaired) electrons. The van der Waals surface area contributed by atoms with Gasteiger partial charge in [-0.1, -0.05) is 84.4 Å². The normalized spacial score (nSPS) is 15.9. The summed E-state index contributed by atoms with van der Waals surface area (Å²) in [6, 6.07) is 29.2. The van der Waals surface area contributed by atoms with Crippen LogP contribution >= 0.6 is 11.6 Å². The van der Waals surface area contributed by atoms with E-state index in [-0.39, 0.29) is 5.41 Å². The minimum Gasteiger partial charge on any atom is -0.385 e. The van der Waals surface area contributed by atoms with Crippen molar-refractivity contribution in [3.8, 4) is 0 Å². The standard InChI is InChI=1S/C31H37ClN2O2/c32-29-15-13-28(14-16-29)31(36)19-23-34(24-20-31)22-8-18-30(17-7-21-33-25-35,26-9-3-1-4-10-26)27-11-5-2-6-12-27/h1-6,9-16,25,36H,7-8,17-24H2,(H,33,35). The van der Waals surface area contributed by atoms with E-state index in [4.69, 9.17) is 11.6 Å². The van der Waals surface area contributed by atoms with Crippen LogP contribution in [0.15, 0.2) is 84.9 Å². The first-order valence-electron chi connectivity index (χ1n) is 13.0. The van der Waals surface area contributed by atoms with E-state index in [2.05, 4.69) is 70.9 Å². The number of nitrogens with one attached hydrogen (secondary N) is 1. The number of hydrogen-bond donors (Lipinski definition) is 2. The molecule has 0 bridgehead atoms. The van der Waals surface area contributed by atoms with Crippen molar-refractivity contribution in [1.82, 2.24) is 10.2 Å². The molecular weight excluding hydrogens is 468 g/mol. The molecular formula is C31H37ClN2O2. The van der Waals surface area contributed by atoms with E-state index in [1.54, 1.807) is 0 Å². The summed E-state index contributed by atoms with van der Waals surface area (Å²) in [6.07, 6.45) is 6.22. The van der Waals surface area contributed by atoms with Gasteiger partial charge in [0.05, 0.1) is 5.60 Å². The van der Waals surface area contributed by atoms with Crippen LogP contribution in [-0.4, -0.2) is 42.6 Å². The Morgan fingerprint density at radius 2 is 1.42 bits per heavy atom. The zero-order chi connectivity index (χ0) is 25.3. The van der Waals surface area contributed by atoms with E-state index in [0.29, 0.717) is 11.6 Å². The molecule has 0 aromatic heterocycles. The van der Waals surface area contributed by atoms with E-state index < -0.39 is 5.60 Å². The highest BCUT2D eigenvalue weighted by atomic mass is 35.5. The maximum absolute atomic E-state index is 11.2. The van der Waals surface area contributed by atoms with Crippen LogP contribution in [0.1, 0.15) is 55.2 Å². The molecule has 36 heavy (non-hydrogen) atoms. The third-order valence-corrected chi connectivity index (χ3v) is 8.06. The Hall–Kier alpha value is -2.66. The number of rotatable bonds is 12. The average Bonchev–Trinajstić information content (AvgIpc) is 2.92. The molecule has 0 aliphatic carbocycles. The fourth-order valence-electron chi connectivity index (χ4n) is 5.73. The Morgan fingerprint density at radius 3 is 1.97 bits per heavy atom. The number of halogens is 1. The molecule has 190 valence electrons. The molecule has 1 amide bonds. The lowest BCUT2D eigenvalue weighted by Crippen LogP contribution is -2.43. The summed E-state index contributed by atoms with van der Waals surface area (Å²) >= 11 is 6.04. The molecule has 3 aromatic carbocycles. The third kappa shape index (κ3) is 6.36. The van der Waals surface area contributed by atoms with Crippen molar-refractivity contribution in [2.45, 2.75) is 49.5 Å². The zero-order valence-corrected chi connectivity index (χ0v) is 21.7. The average molecular weight is 505 g/mol. The second-order valence-corrected chi connectivity index (χ2v) is 10.4. The second-order valence-electron chi connectivity index (χ2n) is 9.97. The highest BCUT2D eigenvalue weighted by Crippen LogP contribution is 2.41. The van der Waals surface area contributed by atoms with Gasteiger partial charge in [-0.15, -0.1) is 0 Å². The Bertz CT molecular complexity index is 1030. The number of carbonyl (C=O) groups is 1. The van der Waals surface area contributed by atoms with Crippen molar-refractivity contribution >= 4 is 18.0 Å². The molecule has 4 nitrogen and oxygen atoms in total. The molecule has 5 heteroatoms. The van der Waals surface area contributed by atoms with Gasteiger partial charge in [0.2, 0.25) is 6.41 Å². The number of aliphatic hydroxyl groups is 1. The van der Waals surface area contributed by atoms with Crippen LogP contribution in [0, 0.1) is 0 Å². The third-order valence-electron chi connectivity index (χ3n) is 7.80. The lowest BCUT2D eigenvalue weighted by Gasteiger charge is -2.40. The van der Waals surface area contributed by atoms with Crippen LogP contribution in [0.2, 0.25) is 5.02 Å². The molecule has 3 aromatic rings. The van der Waals surface area contributed by atoms with Crippen LogP contribution in [0.3, 0.4) is 0 Å². The minimum atomic E-state index is -0.773. The molecule has 4 rings (SSSR count). The first kappa shape index (κ1) is 26.4. The van der Waals surface area contributed by atoms with E-state index in [1.165, 1.54) is 11.1 Å². The van der Waals surface area contributed by atoms with Gasteiger partial charge in [-0.2, -0.15) is 0 Å². The molecule has 0 unspecified atom stereocenters. The van der Waals surface area contributed by atoms with Crippen molar-refractivity contribution in [2.24, 2.45) is 0 Å². The maximum atomic E-state index is 11.2. The predicted molar refractivity (Wildman–Crippen MR) is 147 cm³/mol. The monoisotopic (exact) mass is 504 g/mol. The number of likely N-dealkylation sites (tertiary alicyclic amines) is 1. The van der Waals surface area contributed by atoms with Crippen LogP contribution in [0.25, 0.3) is 0 Å². The maximum Gasteiger partial charge on any atom is 0.207 e. The van der Waals surface area contributed by atoms with Gasteiger partial charge in [0.1, 0.15) is 0 Å². The highest BCUT2D eigenvalue weighted by molar-refractivity contribution is 6.30. The molecule has 0 saturated carbocycles. The first-order valence-corrected chi connectivity index (χ1v) is 13.4. The molecule has 1 saturated heterocycles. The summed E-state index contributed by atoms with van der Waals surface area (Å²) in [6.45, 7) is 3.45. The number of benzene rings is 3. The van der Waals surface area contributed by atoms with Gasteiger partial charge in [-0.3, -0.25) is 4.79 Å². The Labute approximate surface area is 220 Å². The lowest BCUT2D eigenvalue weighted by molar-refractivity contribution is -0.109. The Morgan fingerprint density at radius 1 is 0.861 bits per heavy atom. The lowest BCUT2D eigenvalue weighted by atomic mass is 9.68. The van der Waals surface area contributed by atoms with Crippen molar-refractivity contribution in [1.29, 1.82) is 0 Å². The Balaban J connectivity index is 1.44. The van der Waals surface area contributed by atoms with Gasteiger partial charge in [0, 0.05) is 30.1 Å². The fraction of sp³-hybridized carbons (Fsp3) is 0.387. The van der Waals surface area contributed by atoms with E-state index in [0.717, 1.165) is 70.1 Å². The molecule has 1 fully saturated rings. The van der Waals surface area contributed by atoms with Crippen LogP contribution < -0.4 is 5.32 Å². The largest absolute Gasteiger partial charge is 0.385 e. The van der Waals surface area contributed by atoms with Gasteiger partial charge < -0.3 is 15.3 Å². The molecule has 0 atom stereocenters. The number of piperidine rings is 1. The SMILES string of the molecule is O=CNCCCC(CCCN1CCC(O)(c2ccc(Cl)cc2)CC1)(c1ccccc1)c1ccccc1. The number of nitrogens with zero attached hydrogens (tertiary/aromatic N) is 1. The summed E-state index contributed by atoms with van der Waals surface area (Å²) in [5.74, 6) is 0. The van der Waals surface area contributed by atoms with Crippen molar-refractivity contribution < 1.29 is 9.90 Å². The van der Waals surface area contributed by atoms with Crippen LogP contribution in [0.4, 0.5) is 0 Å². The summed E-state index contributed by atoms with van der Waals surface area (Å²) < 4.78 is 0. The van der Waals surface area contributed by atoms with Crippen molar-refractivity contribution in [2.75, 3.05) is 26.2 Å². The molecule has 1 aliphatic heterocycles. The summed E-state index contributed by atoms with van der Waals surface area (Å²) in [4.78, 5) is 13.3. The van der Waals surface area contributed by atoms with Gasteiger partial charge in [-0.25, -0.2) is 0 Å². The van der Waals surface area contributed by atoms with Crippen LogP contribution in [0.5, 0.6) is 0 Å². The number of amides is 1. The minimum absolute atomic E-state index is 0.104. The quantitative estimate of drug-likeness (QED) is 0.238. The van der Waals surface area contributed by atoms with Crippen LogP contribution in [-0.2, 0) is 15.8 Å². The topological polar surface area (TPSA) is 52.6 Å². The molecule has 2 N–H and O–H groups in total. The molecule has 1 aliphatic rings. The fourth-order valence-corrected chi connectivity index (χ4v) is 5.86. The smallest absolute Gasteiger partial charge is 0.207 e. The predicted octanol–water partition coefficient (Wildman–Crippen LogP) is 5.92. The van der Waals surface area contributed by atoms with Gasteiger partial charge >= 0.3 is 0 Å². The van der Waals surface area contributed by atoms with Crippen molar-refractivity contribution in [3.05, 3.63) is 107 Å². The molecule has 1 heterocycles. The van der Waals surface area contributed by atoms with E-state index >= 15 is 0 Å². The first-order chi connectivity index (χ1) is 17.6. The van der Waals surface area contributed by atoms with E-state index in [1.807, 2.05) is 24.3 Å². The summed E-state index contributed by atoms with van der Waals surface area (Å²) in [5.41, 5.74) is 2.75. The second kappa shape index (κ2) is 12.5. The molecule has 0 spiro atoms.